The van der Waals surface area contributed by atoms with Crippen molar-refractivity contribution in [3.05, 3.63) is 24.0 Å². The van der Waals surface area contributed by atoms with Gasteiger partial charge in [0.1, 0.15) is 0 Å². The number of pyridine rings is 1. The molecule has 0 saturated heterocycles. The number of aromatic nitrogens is 1. The Morgan fingerprint density at radius 3 is 2.70 bits per heavy atom. The quantitative estimate of drug-likeness (QED) is 0.551. The molecule has 1 aromatic heterocycles. The van der Waals surface area contributed by atoms with E-state index in [0.717, 1.165) is 4.43 Å². The van der Waals surface area contributed by atoms with E-state index in [4.69, 9.17) is 5.11 Å². The number of aromatic carboxylic acids is 1. The lowest BCUT2D eigenvalue weighted by atomic mass is 10.3. The Bertz CT molecular complexity index is 262. The van der Waals surface area contributed by atoms with Crippen LogP contribution in [0.15, 0.2) is 18.5 Å². The fraction of sp³-hybridized carbons (Fsp3) is 0. The molecule has 0 saturated carbocycles. The first kappa shape index (κ1) is 7.26. The summed E-state index contributed by atoms with van der Waals surface area (Å²) in [5.74, 6) is -0.947. The van der Waals surface area contributed by atoms with Gasteiger partial charge in [-0.2, -0.15) is 0 Å². The molecule has 0 atom stereocenters. The molecule has 0 bridgehead atoms. The monoisotopic (exact) mass is 149 g/mol. The van der Waals surface area contributed by atoms with E-state index in [1.807, 2.05) is 0 Å². The lowest BCUT2D eigenvalue weighted by Gasteiger charge is -1.93. The molecule has 1 rings (SSSR count). The van der Waals surface area contributed by atoms with Gasteiger partial charge in [-0.3, -0.25) is 4.98 Å². The van der Waals surface area contributed by atoms with E-state index >= 15 is 0 Å². The van der Waals surface area contributed by atoms with E-state index in [2.05, 4.69) is 21.3 Å². The van der Waals surface area contributed by atoms with Gasteiger partial charge in [0, 0.05) is 12.4 Å². The zero-order valence-electron chi connectivity index (χ0n) is 5.11. The molecule has 1 aromatic rings. The third-order valence-corrected chi connectivity index (χ3v) is 1.32. The molecule has 3 nitrogen and oxygen atoms in total. The van der Waals surface area contributed by atoms with Crippen LogP contribution in [-0.4, -0.2) is 32.4 Å². The third kappa shape index (κ3) is 1.57. The number of rotatable bonds is 1. The molecule has 10 heavy (non-hydrogen) atoms. The average Bonchev–Trinajstić information content (AvgIpc) is 1.88. The molecular weight excluding hydrogens is 145 g/mol. The van der Waals surface area contributed by atoms with Gasteiger partial charge in [0.05, 0.1) is 5.56 Å². The maximum atomic E-state index is 10.3. The Morgan fingerprint density at radius 2 is 2.30 bits per heavy atom. The lowest BCUT2D eigenvalue weighted by Crippen LogP contribution is -2.07. The largest absolute Gasteiger partial charge is 0.478 e. The number of hydrogen-bond acceptors (Lipinski definition) is 2. The Hall–Kier alpha value is -0.848. The van der Waals surface area contributed by atoms with Crippen LogP contribution >= 0.6 is 0 Å². The Balaban J connectivity index is 3.07. The molecule has 2 radical (unpaired) electrons. The molecule has 0 aliphatic carbocycles. The van der Waals surface area contributed by atoms with Gasteiger partial charge in [-0.05, 0) is 0 Å². The molecule has 1 heterocycles. The van der Waals surface area contributed by atoms with E-state index < -0.39 is 5.97 Å². The van der Waals surface area contributed by atoms with E-state index in [9.17, 15) is 4.79 Å². The Labute approximate surface area is 66.1 Å². The van der Waals surface area contributed by atoms with Crippen molar-refractivity contribution in [3.63, 3.8) is 0 Å². The summed E-state index contributed by atoms with van der Waals surface area (Å²) in [4.78, 5) is 14.0. The average molecular weight is 149 g/mol. The van der Waals surface area contributed by atoms with E-state index in [-0.39, 0.29) is 5.56 Å². The van der Waals surface area contributed by atoms with Crippen LogP contribution in [0.3, 0.4) is 0 Å². The highest BCUT2D eigenvalue weighted by atomic mass is 27.0. The summed E-state index contributed by atoms with van der Waals surface area (Å²) in [6.07, 6.45) is 2.90. The number of carboxylic acid groups (broad SMARTS) is 1. The molecular formula is C6H4AlNO2. The molecule has 0 amide bonds. The molecule has 0 aliphatic heterocycles. The van der Waals surface area contributed by atoms with Crippen molar-refractivity contribution in [1.82, 2.24) is 4.98 Å². The van der Waals surface area contributed by atoms with Crippen molar-refractivity contribution in [3.8, 4) is 0 Å². The topological polar surface area (TPSA) is 50.2 Å². The van der Waals surface area contributed by atoms with Crippen molar-refractivity contribution in [1.29, 1.82) is 0 Å². The lowest BCUT2D eigenvalue weighted by molar-refractivity contribution is 0.0696. The van der Waals surface area contributed by atoms with E-state index in [1.165, 1.54) is 6.20 Å². The first-order valence-electron chi connectivity index (χ1n) is 2.64. The third-order valence-electron chi connectivity index (χ3n) is 1.01. The van der Waals surface area contributed by atoms with Gasteiger partial charge < -0.3 is 5.11 Å². The normalized spacial score (nSPS) is 9.20. The number of nitrogens with zero attached hydrogens (tertiary/aromatic N) is 1. The van der Waals surface area contributed by atoms with Crippen LogP contribution in [0.2, 0.25) is 0 Å². The summed E-state index contributed by atoms with van der Waals surface area (Å²) in [5, 5.41) is 8.46. The summed E-state index contributed by atoms with van der Waals surface area (Å²) in [7, 11) is 0. The van der Waals surface area contributed by atoms with E-state index in [1.54, 1.807) is 12.3 Å². The highest BCUT2D eigenvalue weighted by molar-refractivity contribution is 6.32. The molecule has 0 fully saturated rings. The summed E-state index contributed by atoms with van der Waals surface area (Å²) >= 11 is 2.38. The number of hydrogen-bond donors (Lipinski definition) is 1. The fourth-order valence-electron chi connectivity index (χ4n) is 0.575. The number of carbonyl (C=O) groups is 1. The van der Waals surface area contributed by atoms with Crippen LogP contribution in [0, 0.1) is 0 Å². The molecule has 4 heteroatoms. The highest BCUT2D eigenvalue weighted by Gasteiger charge is 1.99. The first-order valence-corrected chi connectivity index (χ1v) is 3.21. The predicted molar refractivity (Wildman–Crippen MR) is 36.6 cm³/mol. The minimum absolute atomic E-state index is 0.215. The maximum Gasteiger partial charge on any atom is 0.337 e. The molecule has 0 spiro atoms. The van der Waals surface area contributed by atoms with Crippen molar-refractivity contribution in [2.75, 3.05) is 0 Å². The first-order chi connectivity index (χ1) is 4.70. The van der Waals surface area contributed by atoms with Gasteiger partial charge >= 0.3 is 5.97 Å². The fourth-order valence-corrected chi connectivity index (χ4v) is 0.840. The maximum absolute atomic E-state index is 10.3. The van der Waals surface area contributed by atoms with Crippen molar-refractivity contribution in [2.45, 2.75) is 0 Å². The van der Waals surface area contributed by atoms with Crippen molar-refractivity contribution < 1.29 is 9.90 Å². The van der Waals surface area contributed by atoms with Crippen LogP contribution in [-0.2, 0) is 0 Å². The number of carboxylic acids is 1. The SMILES string of the molecule is O=C(O)c1cnc[c]([Al])c1. The molecule has 0 aromatic carbocycles. The van der Waals surface area contributed by atoms with Gasteiger partial charge in [-0.1, -0.05) is 6.07 Å². The van der Waals surface area contributed by atoms with Crippen LogP contribution in [0.1, 0.15) is 10.4 Å². The second kappa shape index (κ2) is 2.82. The summed E-state index contributed by atoms with van der Waals surface area (Å²) < 4.78 is 0.778. The summed E-state index contributed by atoms with van der Waals surface area (Å²) in [5.41, 5.74) is 0.215. The standard InChI is InChI=1S/C6H4NO2.Al/c8-6(9)5-2-1-3-7-4-5;/h2-4H,(H,8,9);. The second-order valence-electron chi connectivity index (χ2n) is 1.81. The highest BCUT2D eigenvalue weighted by Crippen LogP contribution is 1.91. The zero-order chi connectivity index (χ0) is 7.56. The molecule has 0 unspecified atom stereocenters. The van der Waals surface area contributed by atoms with E-state index in [0.29, 0.717) is 0 Å². The van der Waals surface area contributed by atoms with Crippen molar-refractivity contribution in [2.24, 2.45) is 0 Å². The molecule has 0 aliphatic rings. The smallest absolute Gasteiger partial charge is 0.337 e. The summed E-state index contributed by atoms with van der Waals surface area (Å²) in [6, 6.07) is 1.54. The molecule has 48 valence electrons. The van der Waals surface area contributed by atoms with Crippen LogP contribution < -0.4 is 4.43 Å². The Morgan fingerprint density at radius 1 is 1.60 bits per heavy atom. The van der Waals surface area contributed by atoms with Crippen molar-refractivity contribution >= 4 is 26.7 Å². The van der Waals surface area contributed by atoms with Crippen LogP contribution in [0.25, 0.3) is 0 Å². The van der Waals surface area contributed by atoms with Gasteiger partial charge in [0.25, 0.3) is 0 Å². The van der Waals surface area contributed by atoms with Gasteiger partial charge in [0.2, 0.25) is 0 Å². The van der Waals surface area contributed by atoms with Gasteiger partial charge in [-0.25, -0.2) is 4.79 Å². The summed E-state index contributed by atoms with van der Waals surface area (Å²) in [6.45, 7) is 0. The van der Waals surface area contributed by atoms with Gasteiger partial charge in [0.15, 0.2) is 16.3 Å². The second-order valence-corrected chi connectivity index (χ2v) is 2.48. The van der Waals surface area contributed by atoms with Crippen LogP contribution in [0.5, 0.6) is 0 Å². The minimum Gasteiger partial charge on any atom is -0.478 e. The van der Waals surface area contributed by atoms with Crippen LogP contribution in [0.4, 0.5) is 0 Å². The zero-order valence-corrected chi connectivity index (χ0v) is 6.27. The minimum atomic E-state index is -0.947. The Kier molecular flexibility index (Phi) is 2.05. The predicted octanol–water partition coefficient (Wildman–Crippen LogP) is -0.426. The van der Waals surface area contributed by atoms with Gasteiger partial charge in [-0.15, -0.1) is 4.43 Å². The molecule has 1 N–H and O–H groups in total.